The van der Waals surface area contributed by atoms with Gasteiger partial charge in [0.1, 0.15) is 11.9 Å². The first-order chi connectivity index (χ1) is 13.1. The summed E-state index contributed by atoms with van der Waals surface area (Å²) in [7, 11) is 0. The summed E-state index contributed by atoms with van der Waals surface area (Å²) >= 11 is 0. The largest absolute Gasteiger partial charge is 0.292 e. The van der Waals surface area contributed by atoms with Gasteiger partial charge in [-0.25, -0.2) is 9.45 Å². The molecule has 3 nitrogen and oxygen atoms in total. The summed E-state index contributed by atoms with van der Waals surface area (Å²) in [6.07, 6.45) is 0.610. The number of carbonyl (C=O) groups is 1. The van der Waals surface area contributed by atoms with Crippen LogP contribution >= 0.6 is 0 Å². The normalized spacial score (nSPS) is 13.0. The SMILES string of the molecule is CCC(c1ccc(F)cc1)C(C(=O)c1ccccc1)N(O)c1ccccc1. The van der Waals surface area contributed by atoms with E-state index in [4.69, 9.17) is 0 Å². The number of nitrogens with zero attached hydrogens (tertiary/aromatic N) is 1. The molecule has 4 heteroatoms. The third-order valence-corrected chi connectivity index (χ3v) is 4.73. The van der Waals surface area contributed by atoms with Crippen LogP contribution < -0.4 is 5.06 Å². The van der Waals surface area contributed by atoms with Gasteiger partial charge in [0.05, 0.1) is 5.69 Å². The first kappa shape index (κ1) is 18.8. The maximum atomic E-state index is 13.4. The Morgan fingerprint density at radius 1 is 0.926 bits per heavy atom. The van der Waals surface area contributed by atoms with Crippen molar-refractivity contribution in [1.82, 2.24) is 0 Å². The van der Waals surface area contributed by atoms with Crippen molar-refractivity contribution < 1.29 is 14.4 Å². The molecule has 1 N–H and O–H groups in total. The molecule has 138 valence electrons. The fourth-order valence-electron chi connectivity index (χ4n) is 3.33. The van der Waals surface area contributed by atoms with Gasteiger partial charge in [0.25, 0.3) is 0 Å². The molecule has 3 aromatic rings. The quantitative estimate of drug-likeness (QED) is 0.447. The molecule has 27 heavy (non-hydrogen) atoms. The van der Waals surface area contributed by atoms with Crippen LogP contribution in [0.1, 0.15) is 35.2 Å². The van der Waals surface area contributed by atoms with Gasteiger partial charge < -0.3 is 0 Å². The predicted molar refractivity (Wildman–Crippen MR) is 105 cm³/mol. The predicted octanol–water partition coefficient (Wildman–Crippen LogP) is 5.47. The fourth-order valence-corrected chi connectivity index (χ4v) is 3.33. The van der Waals surface area contributed by atoms with Crippen LogP contribution in [0.4, 0.5) is 10.1 Å². The van der Waals surface area contributed by atoms with Crippen LogP contribution in [0.25, 0.3) is 0 Å². The maximum Gasteiger partial charge on any atom is 0.188 e. The van der Waals surface area contributed by atoms with E-state index in [1.54, 1.807) is 60.7 Å². The maximum absolute atomic E-state index is 13.4. The number of hydroxylamine groups is 1. The van der Waals surface area contributed by atoms with Crippen molar-refractivity contribution in [2.45, 2.75) is 25.3 Å². The molecule has 2 atom stereocenters. The Kier molecular flexibility index (Phi) is 5.99. The number of Topliss-reactive ketones (excluding diaryl/α,β-unsaturated/α-hetero) is 1. The second kappa shape index (κ2) is 8.60. The lowest BCUT2D eigenvalue weighted by Crippen LogP contribution is -2.43. The lowest BCUT2D eigenvalue weighted by atomic mass is 9.84. The first-order valence-corrected chi connectivity index (χ1v) is 8.99. The number of rotatable bonds is 7. The molecule has 0 aromatic heterocycles. The third kappa shape index (κ3) is 4.23. The Morgan fingerprint density at radius 2 is 1.48 bits per heavy atom. The van der Waals surface area contributed by atoms with Crippen LogP contribution in [0, 0.1) is 5.82 Å². The summed E-state index contributed by atoms with van der Waals surface area (Å²) < 4.78 is 13.4. The van der Waals surface area contributed by atoms with E-state index < -0.39 is 6.04 Å². The molecule has 0 saturated carbocycles. The van der Waals surface area contributed by atoms with E-state index in [0.29, 0.717) is 17.7 Å². The summed E-state index contributed by atoms with van der Waals surface area (Å²) in [5.41, 5.74) is 1.87. The molecule has 0 spiro atoms. The van der Waals surface area contributed by atoms with E-state index in [1.807, 2.05) is 19.1 Å². The summed E-state index contributed by atoms with van der Waals surface area (Å²) in [5, 5.41) is 12.0. The van der Waals surface area contributed by atoms with E-state index >= 15 is 0 Å². The molecule has 0 saturated heterocycles. The number of ketones is 1. The molecular weight excluding hydrogens is 341 g/mol. The fraction of sp³-hybridized carbons (Fsp3) is 0.174. The highest BCUT2D eigenvalue weighted by Crippen LogP contribution is 2.31. The highest BCUT2D eigenvalue weighted by molar-refractivity contribution is 6.02. The second-order valence-corrected chi connectivity index (χ2v) is 6.42. The summed E-state index contributed by atoms with van der Waals surface area (Å²) in [6.45, 7) is 1.96. The highest BCUT2D eigenvalue weighted by atomic mass is 19.1. The van der Waals surface area contributed by atoms with Gasteiger partial charge in [0.2, 0.25) is 0 Å². The Labute approximate surface area is 158 Å². The molecule has 3 aromatic carbocycles. The number of anilines is 1. The van der Waals surface area contributed by atoms with E-state index in [9.17, 15) is 14.4 Å². The zero-order valence-corrected chi connectivity index (χ0v) is 15.1. The lowest BCUT2D eigenvalue weighted by molar-refractivity contribution is 0.0869. The summed E-state index contributed by atoms with van der Waals surface area (Å²) in [6, 6.07) is 23.2. The minimum atomic E-state index is -0.828. The van der Waals surface area contributed by atoms with Crippen molar-refractivity contribution in [3.05, 3.63) is 102 Å². The minimum Gasteiger partial charge on any atom is -0.292 e. The van der Waals surface area contributed by atoms with Gasteiger partial charge >= 0.3 is 0 Å². The molecule has 0 aliphatic rings. The summed E-state index contributed by atoms with van der Waals surface area (Å²) in [4.78, 5) is 13.3. The van der Waals surface area contributed by atoms with Crippen molar-refractivity contribution in [2.75, 3.05) is 5.06 Å². The first-order valence-electron chi connectivity index (χ1n) is 8.99. The van der Waals surface area contributed by atoms with Crippen molar-refractivity contribution in [3.8, 4) is 0 Å². The number of carbonyl (C=O) groups excluding carboxylic acids is 1. The molecule has 2 unspecified atom stereocenters. The van der Waals surface area contributed by atoms with E-state index in [-0.39, 0.29) is 17.5 Å². The molecule has 3 rings (SSSR count). The van der Waals surface area contributed by atoms with Gasteiger partial charge in [-0.1, -0.05) is 67.6 Å². The smallest absolute Gasteiger partial charge is 0.188 e. The number of halogens is 1. The van der Waals surface area contributed by atoms with Crippen LogP contribution in [-0.2, 0) is 0 Å². The van der Waals surface area contributed by atoms with Gasteiger partial charge in [-0.15, -0.1) is 0 Å². The number of benzene rings is 3. The standard InChI is InChI=1S/C23H22FNO2/c1-2-21(17-13-15-19(24)16-14-17)22(23(26)18-9-5-3-6-10-18)25(27)20-11-7-4-8-12-20/h3-16,21-22,27H,2H2,1H3. The van der Waals surface area contributed by atoms with Crippen LogP contribution in [0.15, 0.2) is 84.9 Å². The van der Waals surface area contributed by atoms with Gasteiger partial charge in [0.15, 0.2) is 5.78 Å². The second-order valence-electron chi connectivity index (χ2n) is 6.42. The lowest BCUT2D eigenvalue weighted by Gasteiger charge is -2.33. The Bertz CT molecular complexity index is 866. The van der Waals surface area contributed by atoms with Crippen molar-refractivity contribution in [2.24, 2.45) is 0 Å². The molecular formula is C23H22FNO2. The third-order valence-electron chi connectivity index (χ3n) is 4.73. The molecule has 0 amide bonds. The molecule has 0 aliphatic carbocycles. The van der Waals surface area contributed by atoms with Crippen molar-refractivity contribution in [1.29, 1.82) is 0 Å². The molecule has 0 aliphatic heterocycles. The summed E-state index contributed by atoms with van der Waals surface area (Å²) in [5.74, 6) is -0.815. The van der Waals surface area contributed by atoms with Crippen LogP contribution in [-0.4, -0.2) is 17.0 Å². The zero-order valence-electron chi connectivity index (χ0n) is 15.1. The zero-order chi connectivity index (χ0) is 19.2. The van der Waals surface area contributed by atoms with Gasteiger partial charge in [-0.3, -0.25) is 10.0 Å². The number of para-hydroxylation sites is 1. The monoisotopic (exact) mass is 363 g/mol. The number of hydrogen-bond donors (Lipinski definition) is 1. The van der Waals surface area contributed by atoms with E-state index in [1.165, 1.54) is 12.1 Å². The Morgan fingerprint density at radius 3 is 2.04 bits per heavy atom. The highest BCUT2D eigenvalue weighted by Gasteiger charge is 2.34. The Balaban J connectivity index is 2.05. The number of hydrogen-bond acceptors (Lipinski definition) is 3. The molecule has 0 fully saturated rings. The van der Waals surface area contributed by atoms with Crippen molar-refractivity contribution in [3.63, 3.8) is 0 Å². The van der Waals surface area contributed by atoms with E-state index in [2.05, 4.69) is 0 Å². The van der Waals surface area contributed by atoms with Crippen molar-refractivity contribution >= 4 is 11.5 Å². The van der Waals surface area contributed by atoms with E-state index in [0.717, 1.165) is 10.6 Å². The van der Waals surface area contributed by atoms with Gasteiger partial charge in [-0.05, 0) is 36.2 Å². The van der Waals surface area contributed by atoms with Crippen LogP contribution in [0.2, 0.25) is 0 Å². The van der Waals surface area contributed by atoms with Crippen LogP contribution in [0.3, 0.4) is 0 Å². The van der Waals surface area contributed by atoms with Gasteiger partial charge in [0, 0.05) is 11.5 Å². The van der Waals surface area contributed by atoms with Crippen LogP contribution in [0.5, 0.6) is 0 Å². The average Bonchev–Trinajstić information content (AvgIpc) is 2.73. The molecule has 0 bridgehead atoms. The minimum absolute atomic E-state index is 0.182. The topological polar surface area (TPSA) is 40.5 Å². The Hall–Kier alpha value is -2.98. The molecule has 0 heterocycles. The molecule has 0 radical (unpaired) electrons. The van der Waals surface area contributed by atoms with Gasteiger partial charge in [-0.2, -0.15) is 0 Å². The average molecular weight is 363 g/mol.